The second kappa shape index (κ2) is 8.84. The average Bonchev–Trinajstić information content (AvgIpc) is 2.57. The molecule has 3 nitrogen and oxygen atoms in total. The van der Waals surface area contributed by atoms with E-state index in [-0.39, 0.29) is 23.7 Å². The summed E-state index contributed by atoms with van der Waals surface area (Å²) < 4.78 is 43.1. The monoisotopic (exact) mass is 401 g/mol. The van der Waals surface area contributed by atoms with Gasteiger partial charge in [-0.15, -0.1) is 0 Å². The Bertz CT molecular complexity index is 857. The predicted molar refractivity (Wildman–Crippen MR) is 93.3 cm³/mol. The average molecular weight is 402 g/mol. The number of rotatable bonds is 4. The van der Waals surface area contributed by atoms with Crippen LogP contribution in [0.5, 0.6) is 5.75 Å². The van der Waals surface area contributed by atoms with Crippen LogP contribution in [-0.2, 0) is 11.0 Å². The van der Waals surface area contributed by atoms with Crippen molar-refractivity contribution in [3.05, 3.63) is 63.6 Å². The molecule has 0 aliphatic heterocycles. The molecule has 0 saturated heterocycles. The fourth-order valence-electron chi connectivity index (χ4n) is 1.85. The molecule has 2 aromatic carbocycles. The lowest BCUT2D eigenvalue weighted by Gasteiger charge is -2.07. The van der Waals surface area contributed by atoms with E-state index in [4.69, 9.17) is 27.9 Å². The maximum Gasteiger partial charge on any atom is 0.416 e. The van der Waals surface area contributed by atoms with E-state index < -0.39 is 17.6 Å². The van der Waals surface area contributed by atoms with E-state index in [9.17, 15) is 18.0 Å². The number of ether oxygens (including phenoxy) is 1. The van der Waals surface area contributed by atoms with Crippen LogP contribution in [0.3, 0.4) is 0 Å². The second-order valence-corrected chi connectivity index (χ2v) is 5.86. The van der Waals surface area contributed by atoms with Gasteiger partial charge in [0.05, 0.1) is 17.1 Å². The number of nitrogens with one attached hydrogen (secondary N) is 1. The number of hydrogen-bond donors (Lipinski definition) is 1. The molecule has 0 atom stereocenters. The molecule has 1 N–H and O–H groups in total. The van der Waals surface area contributed by atoms with E-state index in [0.717, 1.165) is 12.1 Å². The Morgan fingerprint density at radius 2 is 1.92 bits per heavy atom. The van der Waals surface area contributed by atoms with E-state index in [1.807, 2.05) is 0 Å². The van der Waals surface area contributed by atoms with Crippen LogP contribution in [0.1, 0.15) is 11.1 Å². The van der Waals surface area contributed by atoms with E-state index in [0.29, 0.717) is 10.8 Å². The Morgan fingerprint density at radius 3 is 2.62 bits per heavy atom. The van der Waals surface area contributed by atoms with Gasteiger partial charge in [-0.25, -0.2) is 0 Å². The van der Waals surface area contributed by atoms with Crippen molar-refractivity contribution in [1.29, 1.82) is 0 Å². The summed E-state index contributed by atoms with van der Waals surface area (Å²) in [6.45, 7) is -0.320. The topological polar surface area (TPSA) is 38.3 Å². The number of benzene rings is 2. The number of halogens is 5. The predicted octanol–water partition coefficient (Wildman–Crippen LogP) is 4.56. The Labute approximate surface area is 158 Å². The minimum absolute atomic E-state index is 0.0349. The van der Waals surface area contributed by atoms with Crippen LogP contribution in [0.2, 0.25) is 10.0 Å². The Hall–Kier alpha value is -2.36. The van der Waals surface area contributed by atoms with Crippen LogP contribution in [-0.4, -0.2) is 19.1 Å². The van der Waals surface area contributed by atoms with E-state index in [2.05, 4.69) is 17.2 Å². The summed E-state index contributed by atoms with van der Waals surface area (Å²) in [5.41, 5.74) is -0.570. The Kier molecular flexibility index (Phi) is 6.78. The summed E-state index contributed by atoms with van der Waals surface area (Å²) >= 11 is 11.7. The van der Waals surface area contributed by atoms with Crippen LogP contribution in [0.4, 0.5) is 13.2 Å². The third-order valence-corrected chi connectivity index (χ3v) is 3.58. The molecule has 8 heteroatoms. The molecule has 0 saturated carbocycles. The van der Waals surface area contributed by atoms with Crippen molar-refractivity contribution in [1.82, 2.24) is 5.32 Å². The number of carbonyl (C=O) groups excluding carboxylic acids is 1. The summed E-state index contributed by atoms with van der Waals surface area (Å²) in [7, 11) is 0. The zero-order valence-corrected chi connectivity index (χ0v) is 14.7. The molecule has 0 radical (unpaired) electrons. The van der Waals surface area contributed by atoms with Crippen LogP contribution in [0, 0.1) is 11.8 Å². The summed E-state index contributed by atoms with van der Waals surface area (Å²) in [6.07, 6.45) is -4.42. The van der Waals surface area contributed by atoms with Crippen molar-refractivity contribution in [2.75, 3.05) is 13.2 Å². The molecular weight excluding hydrogens is 390 g/mol. The van der Waals surface area contributed by atoms with Crippen molar-refractivity contribution in [3.8, 4) is 17.6 Å². The molecule has 1 amide bonds. The van der Waals surface area contributed by atoms with Gasteiger partial charge in [0.1, 0.15) is 5.75 Å². The smallest absolute Gasteiger partial charge is 0.416 e. The van der Waals surface area contributed by atoms with E-state index in [1.54, 1.807) is 6.07 Å². The van der Waals surface area contributed by atoms with Crippen molar-refractivity contribution >= 4 is 29.1 Å². The van der Waals surface area contributed by atoms with Crippen molar-refractivity contribution in [2.45, 2.75) is 6.18 Å². The van der Waals surface area contributed by atoms with Gasteiger partial charge in [-0.3, -0.25) is 4.79 Å². The minimum Gasteiger partial charge on any atom is -0.482 e. The number of hydrogen-bond acceptors (Lipinski definition) is 2. The summed E-state index contributed by atoms with van der Waals surface area (Å²) in [6, 6.07) is 9.22. The normalized spacial score (nSPS) is 10.7. The summed E-state index contributed by atoms with van der Waals surface area (Å²) in [5, 5.41) is 3.18. The zero-order chi connectivity index (χ0) is 19.2. The van der Waals surface area contributed by atoms with Crippen LogP contribution < -0.4 is 10.1 Å². The van der Waals surface area contributed by atoms with Crippen molar-refractivity contribution in [2.24, 2.45) is 0 Å². The molecule has 26 heavy (non-hydrogen) atoms. The second-order valence-electron chi connectivity index (χ2n) is 5.02. The maximum atomic E-state index is 12.6. The number of carbonyl (C=O) groups is 1. The molecule has 0 unspecified atom stereocenters. The molecule has 136 valence electrons. The molecule has 0 heterocycles. The number of alkyl halides is 3. The number of amides is 1. The maximum absolute atomic E-state index is 12.6. The standard InChI is InChI=1S/C18H12Cl2F3NO2/c19-14-6-7-16(15(20)10-14)26-11-17(25)24-8-2-4-12-3-1-5-13(9-12)18(21,22)23/h1,3,5-7,9-10H,8,11H2,(H,24,25). The molecule has 0 fully saturated rings. The molecule has 2 aromatic rings. The third kappa shape index (κ3) is 6.17. The fourth-order valence-corrected chi connectivity index (χ4v) is 2.31. The van der Waals surface area contributed by atoms with E-state index >= 15 is 0 Å². The minimum atomic E-state index is -4.42. The first-order valence-electron chi connectivity index (χ1n) is 7.26. The highest BCUT2D eigenvalue weighted by atomic mass is 35.5. The first kappa shape index (κ1) is 20.0. The highest BCUT2D eigenvalue weighted by molar-refractivity contribution is 6.35. The highest BCUT2D eigenvalue weighted by Gasteiger charge is 2.30. The molecule has 0 spiro atoms. The molecular formula is C18H12Cl2F3NO2. The van der Waals surface area contributed by atoms with Crippen LogP contribution >= 0.6 is 23.2 Å². The van der Waals surface area contributed by atoms with Gasteiger partial charge in [0, 0.05) is 10.6 Å². The molecule has 0 bridgehead atoms. The van der Waals surface area contributed by atoms with Gasteiger partial charge in [0.25, 0.3) is 5.91 Å². The lowest BCUT2D eigenvalue weighted by molar-refractivity contribution is -0.137. The largest absolute Gasteiger partial charge is 0.482 e. The summed E-state index contributed by atoms with van der Waals surface area (Å²) in [4.78, 5) is 11.7. The SMILES string of the molecule is O=C(COc1ccc(Cl)cc1Cl)NCC#Cc1cccc(C(F)(F)F)c1. The van der Waals surface area contributed by atoms with Gasteiger partial charge in [-0.1, -0.05) is 41.1 Å². The van der Waals surface area contributed by atoms with Gasteiger partial charge in [-0.05, 0) is 36.4 Å². The lowest BCUT2D eigenvalue weighted by Crippen LogP contribution is -2.29. The fraction of sp³-hybridized carbons (Fsp3) is 0.167. The highest BCUT2D eigenvalue weighted by Crippen LogP contribution is 2.29. The van der Waals surface area contributed by atoms with Gasteiger partial charge < -0.3 is 10.1 Å². The Balaban J connectivity index is 1.83. The molecule has 0 aliphatic carbocycles. The van der Waals surface area contributed by atoms with Gasteiger partial charge in [-0.2, -0.15) is 13.2 Å². The quantitative estimate of drug-likeness (QED) is 0.762. The van der Waals surface area contributed by atoms with Crippen molar-refractivity contribution in [3.63, 3.8) is 0 Å². The van der Waals surface area contributed by atoms with Gasteiger partial charge in [0.2, 0.25) is 0 Å². The Morgan fingerprint density at radius 1 is 1.15 bits per heavy atom. The molecule has 2 rings (SSSR count). The molecule has 0 aliphatic rings. The van der Waals surface area contributed by atoms with Gasteiger partial charge >= 0.3 is 6.18 Å². The van der Waals surface area contributed by atoms with Crippen LogP contribution in [0.15, 0.2) is 42.5 Å². The first-order valence-corrected chi connectivity index (χ1v) is 8.02. The molecule has 0 aromatic heterocycles. The van der Waals surface area contributed by atoms with E-state index in [1.165, 1.54) is 24.3 Å². The summed E-state index contributed by atoms with van der Waals surface area (Å²) in [5.74, 6) is 5.00. The van der Waals surface area contributed by atoms with Crippen LogP contribution in [0.25, 0.3) is 0 Å². The first-order chi connectivity index (χ1) is 12.3. The lowest BCUT2D eigenvalue weighted by atomic mass is 10.1. The van der Waals surface area contributed by atoms with Gasteiger partial charge in [0.15, 0.2) is 6.61 Å². The van der Waals surface area contributed by atoms with Crippen molar-refractivity contribution < 1.29 is 22.7 Å². The zero-order valence-electron chi connectivity index (χ0n) is 13.2. The third-order valence-electron chi connectivity index (χ3n) is 3.05.